The Morgan fingerprint density at radius 1 is 0.600 bits per heavy atom. The lowest BCUT2D eigenvalue weighted by atomic mass is 10.1. The van der Waals surface area contributed by atoms with Crippen LogP contribution in [0.3, 0.4) is 0 Å². The fourth-order valence-electron chi connectivity index (χ4n) is 1.74. The van der Waals surface area contributed by atoms with Gasteiger partial charge < -0.3 is 0 Å². The number of rotatable bonds is 12. The molecule has 0 aliphatic carbocycles. The molecule has 110 valence electrons. The van der Waals surface area contributed by atoms with Crippen molar-refractivity contribution in [1.29, 1.82) is 0 Å². The second-order valence-electron chi connectivity index (χ2n) is 4.76. The molecule has 0 heterocycles. The molecule has 0 aromatic heterocycles. The lowest BCUT2D eigenvalue weighted by molar-refractivity contribution is 0.611. The molecule has 0 saturated carbocycles. The Bertz CT molecular complexity index is 337. The Kier molecular flexibility index (Phi) is 16.1. The zero-order valence-electron chi connectivity index (χ0n) is 13.0. The summed E-state index contributed by atoms with van der Waals surface area (Å²) in [6, 6.07) is 0. The third-order valence-electron chi connectivity index (χ3n) is 2.89. The van der Waals surface area contributed by atoms with E-state index in [2.05, 4.69) is 37.8 Å². The summed E-state index contributed by atoms with van der Waals surface area (Å²) in [6.45, 7) is 5.87. The minimum absolute atomic E-state index is 1.20. The third-order valence-corrected chi connectivity index (χ3v) is 2.89. The van der Waals surface area contributed by atoms with Gasteiger partial charge in [0.1, 0.15) is 0 Å². The fourth-order valence-corrected chi connectivity index (χ4v) is 1.74. The van der Waals surface area contributed by atoms with Crippen LogP contribution in [0.25, 0.3) is 0 Å². The first kappa shape index (κ1) is 18.4. The van der Waals surface area contributed by atoms with Gasteiger partial charge in [0.25, 0.3) is 0 Å². The van der Waals surface area contributed by atoms with Crippen LogP contribution >= 0.6 is 0 Å². The first-order chi connectivity index (χ1) is 9.91. The molecule has 0 aromatic carbocycles. The number of allylic oxidation sites excluding steroid dienone is 11. The third kappa shape index (κ3) is 16.4. The van der Waals surface area contributed by atoms with E-state index in [1.165, 1.54) is 44.9 Å². The molecule has 0 aliphatic rings. The van der Waals surface area contributed by atoms with Crippen molar-refractivity contribution in [2.75, 3.05) is 0 Å². The minimum Gasteiger partial charge on any atom is -0.0991 e. The molecular formula is C20H30. The van der Waals surface area contributed by atoms with Crippen molar-refractivity contribution in [3.05, 3.63) is 73.4 Å². The Morgan fingerprint density at radius 2 is 1.10 bits per heavy atom. The van der Waals surface area contributed by atoms with Crippen LogP contribution in [-0.2, 0) is 0 Å². The Hall–Kier alpha value is -1.56. The largest absolute Gasteiger partial charge is 0.0991 e. The normalized spacial score (nSPS) is 12.8. The van der Waals surface area contributed by atoms with E-state index in [-0.39, 0.29) is 0 Å². The van der Waals surface area contributed by atoms with Crippen molar-refractivity contribution in [2.45, 2.75) is 51.9 Å². The molecule has 0 fully saturated rings. The van der Waals surface area contributed by atoms with Gasteiger partial charge in [-0.3, -0.25) is 0 Å². The quantitative estimate of drug-likeness (QED) is 0.273. The average Bonchev–Trinajstić information content (AvgIpc) is 2.47. The molecule has 0 rings (SSSR count). The molecule has 0 radical (unpaired) electrons. The van der Waals surface area contributed by atoms with E-state index < -0.39 is 0 Å². The molecule has 0 atom stereocenters. The molecule has 0 nitrogen and oxygen atoms in total. The summed E-state index contributed by atoms with van der Waals surface area (Å²) >= 11 is 0. The van der Waals surface area contributed by atoms with Gasteiger partial charge in [-0.2, -0.15) is 0 Å². The van der Waals surface area contributed by atoms with Gasteiger partial charge in [-0.15, -0.1) is 0 Å². The van der Waals surface area contributed by atoms with Crippen LogP contribution in [0, 0.1) is 0 Å². The predicted octanol–water partition coefficient (Wildman–Crippen LogP) is 6.70. The molecule has 0 N–H and O–H groups in total. The molecule has 0 unspecified atom stereocenters. The highest BCUT2D eigenvalue weighted by atomic mass is 13.9. The highest BCUT2D eigenvalue weighted by Crippen LogP contribution is 2.07. The standard InChI is InChI=1S/C20H30/c1-3-5-7-9-11-13-15-17-19-20-18-16-14-12-10-8-6-4-2/h3,5,7,9,11,13,15,17-20H,1,4,6,8,10,12,14,16H2,2H3/b7-5+,11-9+,15-13+,19-17+,20-18+. The van der Waals surface area contributed by atoms with E-state index in [0.29, 0.717) is 0 Å². The van der Waals surface area contributed by atoms with Crippen molar-refractivity contribution in [2.24, 2.45) is 0 Å². The van der Waals surface area contributed by atoms with Crippen molar-refractivity contribution in [1.82, 2.24) is 0 Å². The van der Waals surface area contributed by atoms with E-state index in [4.69, 9.17) is 0 Å². The highest BCUT2D eigenvalue weighted by Gasteiger charge is 1.87. The Morgan fingerprint density at radius 3 is 1.70 bits per heavy atom. The van der Waals surface area contributed by atoms with Crippen LogP contribution in [0.4, 0.5) is 0 Å². The Balaban J connectivity index is 3.47. The molecule has 0 amide bonds. The maximum Gasteiger partial charge on any atom is -0.0348 e. The van der Waals surface area contributed by atoms with Crippen molar-refractivity contribution >= 4 is 0 Å². The van der Waals surface area contributed by atoms with E-state index in [1.807, 2.05) is 36.5 Å². The molecule has 0 aliphatic heterocycles. The zero-order valence-corrected chi connectivity index (χ0v) is 13.0. The number of hydrogen-bond acceptors (Lipinski definition) is 0. The van der Waals surface area contributed by atoms with Crippen molar-refractivity contribution < 1.29 is 0 Å². The first-order valence-electron chi connectivity index (χ1n) is 7.86. The highest BCUT2D eigenvalue weighted by molar-refractivity contribution is 5.18. The van der Waals surface area contributed by atoms with Gasteiger partial charge in [0.05, 0.1) is 0 Å². The van der Waals surface area contributed by atoms with Gasteiger partial charge in [-0.25, -0.2) is 0 Å². The van der Waals surface area contributed by atoms with E-state index in [1.54, 1.807) is 6.08 Å². The molecule has 0 saturated heterocycles. The van der Waals surface area contributed by atoms with Crippen LogP contribution < -0.4 is 0 Å². The SMILES string of the molecule is C=C/C=C/C=C/C=C/C=C/C=C/CCCCCCCC. The average molecular weight is 270 g/mol. The van der Waals surface area contributed by atoms with Crippen LogP contribution in [0.1, 0.15) is 51.9 Å². The Labute approximate surface area is 126 Å². The lowest BCUT2D eigenvalue weighted by Gasteiger charge is -1.97. The lowest BCUT2D eigenvalue weighted by Crippen LogP contribution is -1.77. The monoisotopic (exact) mass is 270 g/mol. The van der Waals surface area contributed by atoms with E-state index in [0.717, 1.165) is 0 Å². The van der Waals surface area contributed by atoms with Crippen LogP contribution in [-0.4, -0.2) is 0 Å². The second-order valence-corrected chi connectivity index (χ2v) is 4.76. The zero-order chi connectivity index (χ0) is 14.7. The minimum atomic E-state index is 1.20. The maximum atomic E-state index is 3.61. The van der Waals surface area contributed by atoms with Gasteiger partial charge in [0, 0.05) is 0 Å². The van der Waals surface area contributed by atoms with Crippen molar-refractivity contribution in [3.63, 3.8) is 0 Å². The van der Waals surface area contributed by atoms with Crippen LogP contribution in [0.15, 0.2) is 73.4 Å². The van der Waals surface area contributed by atoms with E-state index >= 15 is 0 Å². The second kappa shape index (κ2) is 17.4. The first-order valence-corrected chi connectivity index (χ1v) is 7.86. The summed E-state index contributed by atoms with van der Waals surface area (Å²) < 4.78 is 0. The predicted molar refractivity (Wildman–Crippen MR) is 93.9 cm³/mol. The van der Waals surface area contributed by atoms with Gasteiger partial charge in [-0.1, -0.05) is 112 Å². The van der Waals surface area contributed by atoms with Gasteiger partial charge in [0.2, 0.25) is 0 Å². The number of unbranched alkanes of at least 4 members (excludes halogenated alkanes) is 6. The van der Waals surface area contributed by atoms with Crippen LogP contribution in [0.5, 0.6) is 0 Å². The summed E-state index contributed by atoms with van der Waals surface area (Å²) in [5.41, 5.74) is 0. The summed E-state index contributed by atoms with van der Waals surface area (Å²) in [6.07, 6.45) is 31.6. The molecular weight excluding hydrogens is 240 g/mol. The van der Waals surface area contributed by atoms with Crippen molar-refractivity contribution in [3.8, 4) is 0 Å². The summed E-state index contributed by atoms with van der Waals surface area (Å²) in [5, 5.41) is 0. The molecule has 20 heavy (non-hydrogen) atoms. The summed E-state index contributed by atoms with van der Waals surface area (Å²) in [4.78, 5) is 0. The van der Waals surface area contributed by atoms with Gasteiger partial charge in [-0.05, 0) is 12.8 Å². The van der Waals surface area contributed by atoms with Gasteiger partial charge >= 0.3 is 0 Å². The smallest absolute Gasteiger partial charge is 0.0348 e. The van der Waals surface area contributed by atoms with Gasteiger partial charge in [0.15, 0.2) is 0 Å². The number of hydrogen-bond donors (Lipinski definition) is 0. The van der Waals surface area contributed by atoms with Crippen LogP contribution in [0.2, 0.25) is 0 Å². The molecule has 0 aromatic rings. The maximum absolute atomic E-state index is 3.61. The molecule has 0 spiro atoms. The topological polar surface area (TPSA) is 0 Å². The summed E-state index contributed by atoms with van der Waals surface area (Å²) in [5.74, 6) is 0. The van der Waals surface area contributed by atoms with E-state index in [9.17, 15) is 0 Å². The fraction of sp³-hybridized carbons (Fsp3) is 0.400. The molecule has 0 heteroatoms. The molecule has 0 bridgehead atoms. The summed E-state index contributed by atoms with van der Waals surface area (Å²) in [7, 11) is 0.